The van der Waals surface area contributed by atoms with Gasteiger partial charge in [-0.05, 0) is 24.6 Å². The Hall–Kier alpha value is -2.77. The SMILES string of the molecule is Cc1nc2sc([C@@H](c3cccc(F)c3)[NH+]3CCc4ccccc4C3)c(O)n2n1. The van der Waals surface area contributed by atoms with E-state index in [0.717, 1.165) is 30.0 Å². The molecule has 2 aromatic carbocycles. The predicted octanol–water partition coefficient (Wildman–Crippen LogP) is 2.67. The molecule has 5 nitrogen and oxygen atoms in total. The van der Waals surface area contributed by atoms with Crippen molar-refractivity contribution in [1.82, 2.24) is 14.6 Å². The van der Waals surface area contributed by atoms with Crippen LogP contribution < -0.4 is 4.90 Å². The molecule has 0 aliphatic carbocycles. The number of hydrogen-bond donors (Lipinski definition) is 2. The molecule has 4 aromatic rings. The summed E-state index contributed by atoms with van der Waals surface area (Å²) in [6.45, 7) is 3.53. The summed E-state index contributed by atoms with van der Waals surface area (Å²) in [7, 11) is 0. The summed E-state index contributed by atoms with van der Waals surface area (Å²) in [6.07, 6.45) is 0.956. The van der Waals surface area contributed by atoms with E-state index in [1.54, 1.807) is 19.1 Å². The highest BCUT2D eigenvalue weighted by molar-refractivity contribution is 7.17. The van der Waals surface area contributed by atoms with Crippen LogP contribution in [0, 0.1) is 12.7 Å². The molecule has 142 valence electrons. The molecule has 0 saturated heterocycles. The number of fused-ring (bicyclic) bond motifs is 2. The summed E-state index contributed by atoms with van der Waals surface area (Å²) in [5.74, 6) is 0.449. The van der Waals surface area contributed by atoms with E-state index in [1.165, 1.54) is 37.9 Å². The van der Waals surface area contributed by atoms with Gasteiger partial charge in [-0.3, -0.25) is 0 Å². The number of aryl methyl sites for hydroxylation is 1. The summed E-state index contributed by atoms with van der Waals surface area (Å²) in [5.41, 5.74) is 3.53. The lowest BCUT2D eigenvalue weighted by molar-refractivity contribution is -0.940. The van der Waals surface area contributed by atoms with Gasteiger partial charge in [-0.25, -0.2) is 9.37 Å². The van der Waals surface area contributed by atoms with Gasteiger partial charge in [0.2, 0.25) is 10.8 Å². The standard InChI is InChI=1S/C21H19FN4OS/c1-13-23-21-26(24-13)20(27)19(28-21)18(15-7-4-8-17(22)11-15)25-10-9-14-5-2-3-6-16(14)12-25/h2-8,11,18,27H,9-10,12H2,1H3/p+1/t18-/m1/s1. The lowest BCUT2D eigenvalue weighted by atomic mass is 9.95. The molecule has 2 N–H and O–H groups in total. The predicted molar refractivity (Wildman–Crippen MR) is 105 cm³/mol. The largest absolute Gasteiger partial charge is 0.492 e. The van der Waals surface area contributed by atoms with Gasteiger partial charge in [0.15, 0.2) is 6.04 Å². The summed E-state index contributed by atoms with van der Waals surface area (Å²) < 4.78 is 15.5. The number of aromatic nitrogens is 3. The Kier molecular flexibility index (Phi) is 4.14. The summed E-state index contributed by atoms with van der Waals surface area (Å²) in [5, 5.41) is 15.2. The average Bonchev–Trinajstić information content (AvgIpc) is 3.20. The van der Waals surface area contributed by atoms with Crippen LogP contribution in [0.25, 0.3) is 4.96 Å². The average molecular weight is 395 g/mol. The monoisotopic (exact) mass is 395 g/mol. The summed E-state index contributed by atoms with van der Waals surface area (Å²) >= 11 is 1.42. The number of aromatic hydroxyl groups is 1. The minimum atomic E-state index is -0.269. The Bertz CT molecular complexity index is 1170. The zero-order chi connectivity index (χ0) is 19.3. The topological polar surface area (TPSA) is 54.9 Å². The molecule has 0 radical (unpaired) electrons. The fourth-order valence-corrected chi connectivity index (χ4v) is 5.33. The first kappa shape index (κ1) is 17.3. The van der Waals surface area contributed by atoms with E-state index in [0.29, 0.717) is 10.8 Å². The van der Waals surface area contributed by atoms with Crippen LogP contribution in [-0.4, -0.2) is 26.2 Å². The fourth-order valence-electron chi connectivity index (χ4n) is 4.14. The number of nitrogens with one attached hydrogen (secondary N) is 1. The Balaban J connectivity index is 1.63. The third kappa shape index (κ3) is 2.87. The van der Waals surface area contributed by atoms with Crippen LogP contribution >= 0.6 is 11.3 Å². The first-order chi connectivity index (χ1) is 13.6. The van der Waals surface area contributed by atoms with Crippen molar-refractivity contribution in [3.05, 3.63) is 81.7 Å². The number of nitrogens with zero attached hydrogens (tertiary/aromatic N) is 3. The first-order valence-corrected chi connectivity index (χ1v) is 10.1. The highest BCUT2D eigenvalue weighted by Gasteiger charge is 2.35. The molecule has 0 spiro atoms. The van der Waals surface area contributed by atoms with Gasteiger partial charge in [-0.1, -0.05) is 47.7 Å². The molecule has 5 rings (SSSR count). The molecular formula is C21H20FN4OS+. The zero-order valence-electron chi connectivity index (χ0n) is 15.4. The van der Waals surface area contributed by atoms with E-state index in [-0.39, 0.29) is 17.7 Å². The van der Waals surface area contributed by atoms with Crippen LogP contribution in [0.5, 0.6) is 5.88 Å². The van der Waals surface area contributed by atoms with Gasteiger partial charge < -0.3 is 10.0 Å². The Morgan fingerprint density at radius 2 is 2.00 bits per heavy atom. The van der Waals surface area contributed by atoms with Crippen LogP contribution in [0.4, 0.5) is 4.39 Å². The maximum atomic E-state index is 14.0. The van der Waals surface area contributed by atoms with Gasteiger partial charge in [0.1, 0.15) is 23.1 Å². The Labute approximate surface area is 165 Å². The van der Waals surface area contributed by atoms with E-state index in [2.05, 4.69) is 34.3 Å². The van der Waals surface area contributed by atoms with Crippen molar-refractivity contribution in [3.63, 3.8) is 0 Å². The molecule has 0 saturated carbocycles. The zero-order valence-corrected chi connectivity index (χ0v) is 16.2. The third-order valence-electron chi connectivity index (χ3n) is 5.41. The molecule has 1 unspecified atom stereocenters. The van der Waals surface area contributed by atoms with E-state index in [1.807, 2.05) is 6.07 Å². The Morgan fingerprint density at radius 3 is 2.79 bits per heavy atom. The number of rotatable bonds is 3. The number of quaternary nitrogens is 1. The van der Waals surface area contributed by atoms with Crippen molar-refractivity contribution >= 4 is 16.3 Å². The van der Waals surface area contributed by atoms with Crippen molar-refractivity contribution in [2.24, 2.45) is 0 Å². The molecule has 28 heavy (non-hydrogen) atoms. The number of hydrogen-bond acceptors (Lipinski definition) is 4. The number of benzene rings is 2. The van der Waals surface area contributed by atoms with Gasteiger partial charge in [-0.2, -0.15) is 4.52 Å². The highest BCUT2D eigenvalue weighted by atomic mass is 32.1. The van der Waals surface area contributed by atoms with Crippen molar-refractivity contribution in [2.75, 3.05) is 6.54 Å². The lowest BCUT2D eigenvalue weighted by Gasteiger charge is -2.32. The van der Waals surface area contributed by atoms with E-state index in [4.69, 9.17) is 0 Å². The smallest absolute Gasteiger partial charge is 0.235 e. The van der Waals surface area contributed by atoms with Gasteiger partial charge in [-0.15, -0.1) is 5.10 Å². The van der Waals surface area contributed by atoms with Crippen LogP contribution in [-0.2, 0) is 13.0 Å². The third-order valence-corrected chi connectivity index (χ3v) is 6.49. The minimum absolute atomic E-state index is 0.0984. The van der Waals surface area contributed by atoms with Crippen LogP contribution in [0.15, 0.2) is 48.5 Å². The molecule has 0 amide bonds. The second-order valence-electron chi connectivity index (χ2n) is 7.24. The minimum Gasteiger partial charge on any atom is -0.492 e. The molecule has 7 heteroatoms. The second-order valence-corrected chi connectivity index (χ2v) is 8.24. The maximum absolute atomic E-state index is 14.0. The summed E-state index contributed by atoms with van der Waals surface area (Å²) in [6, 6.07) is 15.0. The van der Waals surface area contributed by atoms with E-state index >= 15 is 0 Å². The van der Waals surface area contributed by atoms with Gasteiger partial charge in [0.25, 0.3) is 0 Å². The van der Waals surface area contributed by atoms with Gasteiger partial charge >= 0.3 is 0 Å². The fraction of sp³-hybridized carbons (Fsp3) is 0.238. The first-order valence-electron chi connectivity index (χ1n) is 9.32. The quantitative estimate of drug-likeness (QED) is 0.561. The van der Waals surface area contributed by atoms with E-state index < -0.39 is 0 Å². The van der Waals surface area contributed by atoms with Crippen molar-refractivity contribution in [1.29, 1.82) is 0 Å². The van der Waals surface area contributed by atoms with Crippen LogP contribution in [0.1, 0.15) is 33.4 Å². The molecule has 0 bridgehead atoms. The number of halogens is 1. The van der Waals surface area contributed by atoms with Crippen LogP contribution in [0.3, 0.4) is 0 Å². The molecule has 1 aliphatic heterocycles. The molecule has 0 fully saturated rings. The molecule has 3 heterocycles. The molecule has 2 aromatic heterocycles. The van der Waals surface area contributed by atoms with Gasteiger partial charge in [0, 0.05) is 17.5 Å². The summed E-state index contributed by atoms with van der Waals surface area (Å²) in [4.78, 5) is 7.10. The van der Waals surface area contributed by atoms with Crippen molar-refractivity contribution in [2.45, 2.75) is 25.9 Å². The molecule has 2 atom stereocenters. The molecule has 1 aliphatic rings. The number of thiazole rings is 1. The lowest BCUT2D eigenvalue weighted by Crippen LogP contribution is -3.12. The van der Waals surface area contributed by atoms with E-state index in [9.17, 15) is 9.50 Å². The maximum Gasteiger partial charge on any atom is 0.235 e. The Morgan fingerprint density at radius 1 is 1.18 bits per heavy atom. The highest BCUT2D eigenvalue weighted by Crippen LogP contribution is 2.35. The van der Waals surface area contributed by atoms with Crippen LogP contribution in [0.2, 0.25) is 0 Å². The normalized spacial score (nSPS) is 17.6. The molecular weight excluding hydrogens is 375 g/mol. The van der Waals surface area contributed by atoms with Crippen molar-refractivity contribution in [3.8, 4) is 5.88 Å². The second kappa shape index (κ2) is 6.68. The van der Waals surface area contributed by atoms with Crippen molar-refractivity contribution < 1.29 is 14.4 Å². The van der Waals surface area contributed by atoms with Gasteiger partial charge in [0.05, 0.1) is 6.54 Å².